The van der Waals surface area contributed by atoms with Crippen molar-refractivity contribution in [3.63, 3.8) is 0 Å². The van der Waals surface area contributed by atoms with Crippen molar-refractivity contribution >= 4 is 23.2 Å². The third-order valence-electron chi connectivity index (χ3n) is 4.76. The van der Waals surface area contributed by atoms with Gasteiger partial charge < -0.3 is 15.0 Å². The quantitative estimate of drug-likeness (QED) is 0.692. The van der Waals surface area contributed by atoms with E-state index < -0.39 is 11.7 Å². The minimum atomic E-state index is -0.577. The van der Waals surface area contributed by atoms with Gasteiger partial charge >= 0.3 is 0 Å². The Kier molecular flexibility index (Phi) is 5.24. The van der Waals surface area contributed by atoms with Crippen LogP contribution in [0.4, 0.5) is 15.8 Å². The maximum atomic E-state index is 14.0. The van der Waals surface area contributed by atoms with E-state index in [1.54, 1.807) is 30.3 Å². The molecule has 0 saturated carbocycles. The summed E-state index contributed by atoms with van der Waals surface area (Å²) in [7, 11) is 0. The van der Waals surface area contributed by atoms with Crippen LogP contribution in [0.25, 0.3) is 0 Å². The number of amides is 2. The van der Waals surface area contributed by atoms with Gasteiger partial charge in [-0.05, 0) is 36.4 Å². The van der Waals surface area contributed by atoms with Crippen molar-refractivity contribution in [3.8, 4) is 11.5 Å². The summed E-state index contributed by atoms with van der Waals surface area (Å²) in [4.78, 5) is 26.5. The number of anilines is 2. The Morgan fingerprint density at radius 2 is 1.66 bits per heavy atom. The molecular formula is C23H19FN2O3. The van der Waals surface area contributed by atoms with Gasteiger partial charge in [-0.15, -0.1) is 0 Å². The van der Waals surface area contributed by atoms with Crippen molar-refractivity contribution in [1.29, 1.82) is 0 Å². The maximum Gasteiger partial charge on any atom is 0.229 e. The Balaban J connectivity index is 1.48. The lowest BCUT2D eigenvalue weighted by atomic mass is 10.1. The van der Waals surface area contributed by atoms with Crippen LogP contribution in [-0.4, -0.2) is 18.4 Å². The van der Waals surface area contributed by atoms with Crippen LogP contribution in [0.2, 0.25) is 0 Å². The summed E-state index contributed by atoms with van der Waals surface area (Å²) in [6, 6.07) is 22.4. The van der Waals surface area contributed by atoms with Crippen LogP contribution < -0.4 is 15.0 Å². The van der Waals surface area contributed by atoms with Crippen molar-refractivity contribution in [3.05, 3.63) is 84.7 Å². The smallest absolute Gasteiger partial charge is 0.229 e. The number of hydrogen-bond acceptors (Lipinski definition) is 3. The lowest BCUT2D eigenvalue weighted by Crippen LogP contribution is -2.28. The van der Waals surface area contributed by atoms with Crippen molar-refractivity contribution in [2.45, 2.75) is 6.42 Å². The summed E-state index contributed by atoms with van der Waals surface area (Å²) in [5.41, 5.74) is 0.707. The average molecular weight is 390 g/mol. The molecule has 1 N–H and O–H groups in total. The summed E-state index contributed by atoms with van der Waals surface area (Å²) in [5.74, 6) is -0.487. The molecule has 1 aliphatic heterocycles. The van der Waals surface area contributed by atoms with E-state index in [2.05, 4.69) is 5.32 Å². The Bertz CT molecular complexity index is 1040. The number of rotatable bonds is 5. The number of carbonyl (C=O) groups is 2. The molecule has 3 aromatic rings. The van der Waals surface area contributed by atoms with Crippen molar-refractivity contribution < 1.29 is 18.7 Å². The fourth-order valence-electron chi connectivity index (χ4n) is 3.30. The number of benzene rings is 3. The highest BCUT2D eigenvalue weighted by molar-refractivity contribution is 6.04. The zero-order valence-electron chi connectivity index (χ0n) is 15.5. The van der Waals surface area contributed by atoms with Crippen LogP contribution in [0.15, 0.2) is 78.9 Å². The summed E-state index contributed by atoms with van der Waals surface area (Å²) < 4.78 is 19.9. The molecule has 2 amide bonds. The molecule has 4 rings (SSSR count). The number of halogens is 1. The van der Waals surface area contributed by atoms with Gasteiger partial charge in [-0.3, -0.25) is 9.59 Å². The van der Waals surface area contributed by atoms with Gasteiger partial charge in [-0.1, -0.05) is 42.5 Å². The van der Waals surface area contributed by atoms with Gasteiger partial charge in [-0.25, -0.2) is 4.39 Å². The normalized spacial score (nSPS) is 16.0. The third kappa shape index (κ3) is 4.11. The van der Waals surface area contributed by atoms with E-state index in [-0.39, 0.29) is 30.5 Å². The summed E-state index contributed by atoms with van der Waals surface area (Å²) in [6.07, 6.45) is 0.0296. The van der Waals surface area contributed by atoms with Crippen molar-refractivity contribution in [1.82, 2.24) is 0 Å². The van der Waals surface area contributed by atoms with Crippen molar-refractivity contribution in [2.24, 2.45) is 5.92 Å². The zero-order valence-corrected chi connectivity index (χ0v) is 15.5. The van der Waals surface area contributed by atoms with Gasteiger partial charge in [0.2, 0.25) is 11.8 Å². The Morgan fingerprint density at radius 1 is 0.966 bits per heavy atom. The molecule has 0 aliphatic carbocycles. The Labute approximate surface area is 167 Å². The number of nitrogens with one attached hydrogen (secondary N) is 1. The number of ether oxygens (including phenoxy) is 1. The summed E-state index contributed by atoms with van der Waals surface area (Å²) >= 11 is 0. The molecule has 0 bridgehead atoms. The van der Waals surface area contributed by atoms with Crippen LogP contribution >= 0.6 is 0 Å². The topological polar surface area (TPSA) is 58.6 Å². The standard InChI is InChI=1S/C23H19FN2O3/c24-18-10-4-6-12-20(18)26-15-16(14-22(26)27)23(28)25-19-11-5-7-13-21(19)29-17-8-2-1-3-9-17/h1-13,16H,14-15H2,(H,25,28)/t16-/m1/s1. The second-order valence-electron chi connectivity index (χ2n) is 6.76. The molecule has 146 valence electrons. The van der Waals surface area contributed by atoms with Crippen LogP contribution in [0.3, 0.4) is 0 Å². The number of hydrogen-bond donors (Lipinski definition) is 1. The highest BCUT2D eigenvalue weighted by Crippen LogP contribution is 2.31. The van der Waals surface area contributed by atoms with E-state index in [9.17, 15) is 14.0 Å². The minimum Gasteiger partial charge on any atom is -0.455 e. The molecule has 1 aliphatic rings. The highest BCUT2D eigenvalue weighted by Gasteiger charge is 2.36. The number of nitrogens with zero attached hydrogens (tertiary/aromatic N) is 1. The first-order valence-electron chi connectivity index (χ1n) is 9.29. The molecule has 0 unspecified atom stereocenters. The fraction of sp³-hybridized carbons (Fsp3) is 0.130. The van der Waals surface area contributed by atoms with E-state index in [4.69, 9.17) is 4.74 Å². The summed E-state index contributed by atoms with van der Waals surface area (Å²) in [6.45, 7) is 0.132. The molecular weight excluding hydrogens is 371 g/mol. The maximum absolute atomic E-state index is 14.0. The summed E-state index contributed by atoms with van der Waals surface area (Å²) in [5, 5.41) is 2.84. The molecule has 0 spiro atoms. The van der Waals surface area contributed by atoms with Crippen LogP contribution in [-0.2, 0) is 9.59 Å². The molecule has 0 radical (unpaired) electrons. The van der Waals surface area contributed by atoms with Gasteiger partial charge in [0.05, 0.1) is 17.3 Å². The average Bonchev–Trinajstić information content (AvgIpc) is 3.12. The van der Waals surface area contributed by atoms with E-state index in [0.29, 0.717) is 17.2 Å². The second kappa shape index (κ2) is 8.14. The second-order valence-corrected chi connectivity index (χ2v) is 6.76. The van der Waals surface area contributed by atoms with Gasteiger partial charge in [0.15, 0.2) is 5.75 Å². The Hall–Kier alpha value is -3.67. The molecule has 0 aromatic heterocycles. The molecule has 1 saturated heterocycles. The SMILES string of the molecule is O=C(Nc1ccccc1Oc1ccccc1)[C@@H]1CC(=O)N(c2ccccc2F)C1. The molecule has 29 heavy (non-hydrogen) atoms. The van der Waals surface area contributed by atoms with Gasteiger partial charge in [0.1, 0.15) is 11.6 Å². The van der Waals surface area contributed by atoms with Gasteiger partial charge in [0, 0.05) is 13.0 Å². The predicted octanol–water partition coefficient (Wildman–Crippen LogP) is 4.61. The van der Waals surface area contributed by atoms with Crippen LogP contribution in [0.5, 0.6) is 11.5 Å². The third-order valence-corrected chi connectivity index (χ3v) is 4.76. The molecule has 1 heterocycles. The predicted molar refractivity (Wildman–Crippen MR) is 108 cm³/mol. The number of carbonyl (C=O) groups excluding carboxylic acids is 2. The molecule has 5 nitrogen and oxygen atoms in total. The fourth-order valence-corrected chi connectivity index (χ4v) is 3.30. The van der Waals surface area contributed by atoms with Crippen LogP contribution in [0.1, 0.15) is 6.42 Å². The minimum absolute atomic E-state index is 0.0296. The first-order chi connectivity index (χ1) is 14.1. The van der Waals surface area contributed by atoms with Crippen molar-refractivity contribution in [2.75, 3.05) is 16.8 Å². The lowest BCUT2D eigenvalue weighted by Gasteiger charge is -2.18. The first kappa shape index (κ1) is 18.7. The zero-order chi connectivity index (χ0) is 20.2. The van der Waals surface area contributed by atoms with Gasteiger partial charge in [-0.2, -0.15) is 0 Å². The lowest BCUT2D eigenvalue weighted by molar-refractivity contribution is -0.122. The van der Waals surface area contributed by atoms with E-state index >= 15 is 0 Å². The number of para-hydroxylation sites is 4. The first-order valence-corrected chi connectivity index (χ1v) is 9.29. The highest BCUT2D eigenvalue weighted by atomic mass is 19.1. The van der Waals surface area contributed by atoms with E-state index in [1.165, 1.54) is 17.0 Å². The largest absolute Gasteiger partial charge is 0.455 e. The van der Waals surface area contributed by atoms with E-state index in [0.717, 1.165) is 0 Å². The molecule has 3 aromatic carbocycles. The van der Waals surface area contributed by atoms with Crippen LogP contribution in [0, 0.1) is 11.7 Å². The molecule has 1 atom stereocenters. The van der Waals surface area contributed by atoms with Gasteiger partial charge in [0.25, 0.3) is 0 Å². The molecule has 1 fully saturated rings. The molecule has 6 heteroatoms. The monoisotopic (exact) mass is 390 g/mol. The van der Waals surface area contributed by atoms with E-state index in [1.807, 2.05) is 36.4 Å². The Morgan fingerprint density at radius 3 is 2.45 bits per heavy atom.